The molecule has 0 aliphatic heterocycles. The van der Waals surface area contributed by atoms with Gasteiger partial charge in [-0.1, -0.05) is 18.2 Å². The fourth-order valence-electron chi connectivity index (χ4n) is 2.27. The van der Waals surface area contributed by atoms with Crippen molar-refractivity contribution in [2.75, 3.05) is 0 Å². The van der Waals surface area contributed by atoms with E-state index in [4.69, 9.17) is 10.3 Å². The average molecular weight is 230 g/mol. The molecular weight excluding hydrogens is 212 g/mol. The second-order valence-electron chi connectivity index (χ2n) is 4.36. The highest BCUT2D eigenvalue weighted by molar-refractivity contribution is 5.37. The molecule has 3 nitrogen and oxygen atoms in total. The van der Waals surface area contributed by atoms with Crippen molar-refractivity contribution < 1.29 is 4.42 Å². The summed E-state index contributed by atoms with van der Waals surface area (Å²) in [5.74, 6) is 5.68. The Hall–Kier alpha value is -1.58. The maximum absolute atomic E-state index is 5.68. The molecule has 2 aromatic rings. The van der Waals surface area contributed by atoms with Gasteiger partial charge >= 0.3 is 0 Å². The minimum Gasteiger partial charge on any atom is -0.472 e. The van der Waals surface area contributed by atoms with Gasteiger partial charge in [-0.05, 0) is 48.6 Å². The molecule has 1 heterocycles. The summed E-state index contributed by atoms with van der Waals surface area (Å²) in [6, 6.07) is 8.38. The predicted molar refractivity (Wildman–Crippen MR) is 68.4 cm³/mol. The van der Waals surface area contributed by atoms with Crippen LogP contribution in [0, 0.1) is 13.8 Å². The first kappa shape index (κ1) is 11.9. The Morgan fingerprint density at radius 3 is 2.47 bits per heavy atom. The minimum absolute atomic E-state index is 0.119. The molecule has 0 aliphatic rings. The first-order valence-corrected chi connectivity index (χ1v) is 5.75. The van der Waals surface area contributed by atoms with Gasteiger partial charge in [0.25, 0.3) is 0 Å². The zero-order valence-corrected chi connectivity index (χ0v) is 10.2. The number of hydrogen-bond acceptors (Lipinski definition) is 3. The van der Waals surface area contributed by atoms with E-state index < -0.39 is 0 Å². The number of furan rings is 1. The molecule has 0 bridgehead atoms. The van der Waals surface area contributed by atoms with Crippen LogP contribution in [0.4, 0.5) is 0 Å². The van der Waals surface area contributed by atoms with Crippen LogP contribution in [0.5, 0.6) is 0 Å². The zero-order chi connectivity index (χ0) is 12.3. The highest BCUT2D eigenvalue weighted by Crippen LogP contribution is 2.24. The van der Waals surface area contributed by atoms with Crippen molar-refractivity contribution in [1.29, 1.82) is 0 Å². The molecule has 0 saturated heterocycles. The Balaban J connectivity index is 2.29. The molecule has 1 atom stereocenters. The molecule has 3 heteroatoms. The Bertz CT molecular complexity index is 457. The van der Waals surface area contributed by atoms with E-state index in [1.165, 1.54) is 16.7 Å². The van der Waals surface area contributed by atoms with Crippen molar-refractivity contribution >= 4 is 0 Å². The zero-order valence-electron chi connectivity index (χ0n) is 10.2. The molecule has 90 valence electrons. The quantitative estimate of drug-likeness (QED) is 0.627. The van der Waals surface area contributed by atoms with Gasteiger partial charge in [0, 0.05) is 0 Å². The fraction of sp³-hybridized carbons (Fsp3) is 0.286. The van der Waals surface area contributed by atoms with E-state index in [2.05, 4.69) is 37.5 Å². The number of benzene rings is 1. The molecule has 1 aromatic heterocycles. The number of nitrogens with one attached hydrogen (secondary N) is 1. The van der Waals surface area contributed by atoms with E-state index >= 15 is 0 Å². The first-order chi connectivity index (χ1) is 8.22. The van der Waals surface area contributed by atoms with Gasteiger partial charge in [-0.2, -0.15) is 0 Å². The standard InChI is InChI=1S/C14H18N2O/c1-10-4-3-5-11(2)14(10)13(16-15)8-12-6-7-17-9-12/h3-7,9,13,16H,8,15H2,1-2H3. The van der Waals surface area contributed by atoms with E-state index in [1.807, 2.05) is 6.07 Å². The molecular formula is C14H18N2O. The van der Waals surface area contributed by atoms with Gasteiger partial charge in [0.1, 0.15) is 0 Å². The summed E-state index contributed by atoms with van der Waals surface area (Å²) in [7, 11) is 0. The van der Waals surface area contributed by atoms with Crippen LogP contribution in [0.1, 0.15) is 28.3 Å². The molecule has 0 fully saturated rings. The van der Waals surface area contributed by atoms with Crippen molar-refractivity contribution in [2.45, 2.75) is 26.3 Å². The first-order valence-electron chi connectivity index (χ1n) is 5.75. The summed E-state index contributed by atoms with van der Waals surface area (Å²) in [6.07, 6.45) is 4.28. The van der Waals surface area contributed by atoms with Crippen molar-refractivity contribution in [2.24, 2.45) is 5.84 Å². The highest BCUT2D eigenvalue weighted by atomic mass is 16.3. The molecule has 1 aromatic carbocycles. The monoisotopic (exact) mass is 230 g/mol. The van der Waals surface area contributed by atoms with Crippen LogP contribution in [-0.4, -0.2) is 0 Å². The Labute approximate surface area is 102 Å². The van der Waals surface area contributed by atoms with Gasteiger partial charge in [-0.25, -0.2) is 0 Å². The SMILES string of the molecule is Cc1cccc(C)c1C(Cc1ccoc1)NN. The Morgan fingerprint density at radius 1 is 1.24 bits per heavy atom. The number of rotatable bonds is 4. The lowest BCUT2D eigenvalue weighted by Crippen LogP contribution is -2.30. The molecule has 0 radical (unpaired) electrons. The van der Waals surface area contributed by atoms with Crippen molar-refractivity contribution in [3.05, 3.63) is 59.0 Å². The van der Waals surface area contributed by atoms with E-state index in [9.17, 15) is 0 Å². The Morgan fingerprint density at radius 2 is 1.94 bits per heavy atom. The van der Waals surface area contributed by atoms with Gasteiger partial charge in [-0.15, -0.1) is 0 Å². The van der Waals surface area contributed by atoms with Crippen LogP contribution in [0.2, 0.25) is 0 Å². The maximum Gasteiger partial charge on any atom is 0.0935 e. The molecule has 0 amide bonds. The summed E-state index contributed by atoms with van der Waals surface area (Å²) < 4.78 is 5.09. The summed E-state index contributed by atoms with van der Waals surface area (Å²) in [5.41, 5.74) is 7.84. The lowest BCUT2D eigenvalue weighted by molar-refractivity contribution is 0.532. The second kappa shape index (κ2) is 5.17. The van der Waals surface area contributed by atoms with E-state index in [-0.39, 0.29) is 6.04 Å². The van der Waals surface area contributed by atoms with Crippen LogP contribution in [-0.2, 0) is 6.42 Å². The molecule has 3 N–H and O–H groups in total. The van der Waals surface area contributed by atoms with Crippen LogP contribution in [0.3, 0.4) is 0 Å². The van der Waals surface area contributed by atoms with E-state index in [0.29, 0.717) is 0 Å². The third-order valence-corrected chi connectivity index (χ3v) is 3.11. The third kappa shape index (κ3) is 2.57. The lowest BCUT2D eigenvalue weighted by atomic mass is 9.93. The van der Waals surface area contributed by atoms with Crippen LogP contribution >= 0.6 is 0 Å². The van der Waals surface area contributed by atoms with Crippen molar-refractivity contribution in [3.8, 4) is 0 Å². The summed E-state index contributed by atoms with van der Waals surface area (Å²) in [5, 5.41) is 0. The van der Waals surface area contributed by atoms with Gasteiger partial charge in [0.2, 0.25) is 0 Å². The van der Waals surface area contributed by atoms with Gasteiger partial charge < -0.3 is 4.42 Å². The van der Waals surface area contributed by atoms with Gasteiger partial charge in [0.05, 0.1) is 18.6 Å². The topological polar surface area (TPSA) is 51.2 Å². The lowest BCUT2D eigenvalue weighted by Gasteiger charge is -2.20. The minimum atomic E-state index is 0.119. The smallest absolute Gasteiger partial charge is 0.0935 e. The molecule has 1 unspecified atom stereocenters. The number of aryl methyl sites for hydroxylation is 2. The largest absolute Gasteiger partial charge is 0.472 e. The maximum atomic E-state index is 5.68. The molecule has 0 aliphatic carbocycles. The van der Waals surface area contributed by atoms with E-state index in [0.717, 1.165) is 12.0 Å². The van der Waals surface area contributed by atoms with Crippen LogP contribution in [0.15, 0.2) is 41.2 Å². The summed E-state index contributed by atoms with van der Waals surface area (Å²) in [4.78, 5) is 0. The van der Waals surface area contributed by atoms with Gasteiger partial charge in [-0.3, -0.25) is 11.3 Å². The average Bonchev–Trinajstić information content (AvgIpc) is 2.80. The molecule has 2 rings (SSSR count). The molecule has 17 heavy (non-hydrogen) atoms. The number of hydrazine groups is 1. The van der Waals surface area contributed by atoms with Crippen LogP contribution < -0.4 is 11.3 Å². The second-order valence-corrected chi connectivity index (χ2v) is 4.36. The predicted octanol–water partition coefficient (Wildman–Crippen LogP) is 2.64. The van der Waals surface area contributed by atoms with E-state index in [1.54, 1.807) is 12.5 Å². The summed E-state index contributed by atoms with van der Waals surface area (Å²) >= 11 is 0. The molecule has 0 spiro atoms. The molecule has 0 saturated carbocycles. The number of nitrogens with two attached hydrogens (primary N) is 1. The normalized spacial score (nSPS) is 12.6. The third-order valence-electron chi connectivity index (χ3n) is 3.11. The van der Waals surface area contributed by atoms with Crippen LogP contribution in [0.25, 0.3) is 0 Å². The fourth-order valence-corrected chi connectivity index (χ4v) is 2.27. The van der Waals surface area contributed by atoms with Crippen molar-refractivity contribution in [3.63, 3.8) is 0 Å². The number of hydrogen-bond donors (Lipinski definition) is 2. The van der Waals surface area contributed by atoms with Crippen molar-refractivity contribution in [1.82, 2.24) is 5.43 Å². The summed E-state index contributed by atoms with van der Waals surface area (Å²) in [6.45, 7) is 4.23. The Kier molecular flexibility index (Phi) is 3.61. The highest BCUT2D eigenvalue weighted by Gasteiger charge is 2.15. The van der Waals surface area contributed by atoms with Gasteiger partial charge in [0.15, 0.2) is 0 Å².